The van der Waals surface area contributed by atoms with Crippen molar-refractivity contribution in [2.24, 2.45) is 0 Å². The number of carbonyl (C=O) groups is 1. The Labute approximate surface area is 159 Å². The molecular weight excluding hydrogens is 350 g/mol. The fourth-order valence-electron chi connectivity index (χ4n) is 3.39. The Kier molecular flexibility index (Phi) is 6.53. The van der Waals surface area contributed by atoms with E-state index in [0.717, 1.165) is 36.5 Å². The molecule has 138 valence electrons. The molecule has 26 heavy (non-hydrogen) atoms. The fraction of sp³-hybridized carbons (Fsp3) is 0.381. The molecule has 2 aromatic carbocycles. The average molecular weight is 374 g/mol. The number of benzene rings is 2. The van der Waals surface area contributed by atoms with E-state index in [2.05, 4.69) is 4.90 Å². The lowest BCUT2D eigenvalue weighted by molar-refractivity contribution is -0.138. The maximum Gasteiger partial charge on any atom is 0.311 e. The smallest absolute Gasteiger partial charge is 0.311 e. The van der Waals surface area contributed by atoms with Gasteiger partial charge in [-0.25, -0.2) is 0 Å². The van der Waals surface area contributed by atoms with Crippen LogP contribution in [0.15, 0.2) is 48.5 Å². The van der Waals surface area contributed by atoms with E-state index in [0.29, 0.717) is 18.1 Å². The monoisotopic (exact) mass is 373 g/mol. The fourth-order valence-corrected chi connectivity index (χ4v) is 3.59. The van der Waals surface area contributed by atoms with Gasteiger partial charge in [0.2, 0.25) is 0 Å². The number of carboxylic acids is 1. The summed E-state index contributed by atoms with van der Waals surface area (Å²) in [7, 11) is 0. The van der Waals surface area contributed by atoms with E-state index < -0.39 is 11.9 Å². The Morgan fingerprint density at radius 2 is 1.88 bits per heavy atom. The van der Waals surface area contributed by atoms with Crippen LogP contribution >= 0.6 is 11.6 Å². The molecule has 1 fully saturated rings. The number of hydrogen-bond donors (Lipinski definition) is 1. The van der Waals surface area contributed by atoms with Crippen LogP contribution in [0.4, 0.5) is 0 Å². The molecule has 0 bridgehead atoms. The van der Waals surface area contributed by atoms with Crippen LogP contribution < -0.4 is 4.74 Å². The van der Waals surface area contributed by atoms with Crippen molar-refractivity contribution in [2.75, 3.05) is 26.2 Å². The Morgan fingerprint density at radius 1 is 1.15 bits per heavy atom. The first-order chi connectivity index (χ1) is 12.6. The molecule has 3 rings (SSSR count). The standard InChI is InChI=1S/C21H24ClNO3/c22-18-8-9-20(26-13-12-23-10-4-5-11-23)17(14-18)15-19(21(24)25)16-6-2-1-3-7-16/h1-3,6-9,14,19H,4-5,10-13,15H2,(H,24,25). The summed E-state index contributed by atoms with van der Waals surface area (Å²) in [6.45, 7) is 3.75. The van der Waals surface area contributed by atoms with E-state index in [1.807, 2.05) is 42.5 Å². The Bertz CT molecular complexity index is 729. The second kappa shape index (κ2) is 9.06. The number of carboxylic acid groups (broad SMARTS) is 1. The third kappa shape index (κ3) is 4.99. The van der Waals surface area contributed by atoms with Crippen LogP contribution in [0, 0.1) is 0 Å². The summed E-state index contributed by atoms with van der Waals surface area (Å²) < 4.78 is 5.98. The van der Waals surface area contributed by atoms with Gasteiger partial charge in [-0.2, -0.15) is 0 Å². The highest BCUT2D eigenvalue weighted by atomic mass is 35.5. The maximum atomic E-state index is 11.8. The minimum absolute atomic E-state index is 0.346. The molecule has 1 unspecified atom stereocenters. The average Bonchev–Trinajstić information content (AvgIpc) is 3.15. The van der Waals surface area contributed by atoms with Crippen LogP contribution in [-0.2, 0) is 11.2 Å². The molecule has 1 aliphatic heterocycles. The lowest BCUT2D eigenvalue weighted by Gasteiger charge is -2.18. The topological polar surface area (TPSA) is 49.8 Å². The predicted octanol–water partition coefficient (Wildman–Crippen LogP) is 4.23. The van der Waals surface area contributed by atoms with E-state index >= 15 is 0 Å². The quantitative estimate of drug-likeness (QED) is 0.752. The van der Waals surface area contributed by atoms with Gasteiger partial charge in [0.1, 0.15) is 12.4 Å². The van der Waals surface area contributed by atoms with Crippen molar-refractivity contribution >= 4 is 17.6 Å². The number of nitrogens with zero attached hydrogens (tertiary/aromatic N) is 1. The molecule has 1 N–H and O–H groups in total. The highest BCUT2D eigenvalue weighted by Crippen LogP contribution is 2.29. The number of ether oxygens (including phenoxy) is 1. The molecule has 0 radical (unpaired) electrons. The number of rotatable bonds is 8. The summed E-state index contributed by atoms with van der Waals surface area (Å²) in [5, 5.41) is 10.3. The molecule has 1 atom stereocenters. The van der Waals surface area contributed by atoms with Crippen molar-refractivity contribution in [3.63, 3.8) is 0 Å². The first-order valence-electron chi connectivity index (χ1n) is 9.05. The first kappa shape index (κ1) is 18.7. The van der Waals surface area contributed by atoms with Crippen molar-refractivity contribution < 1.29 is 14.6 Å². The molecule has 0 amide bonds. The van der Waals surface area contributed by atoms with Gasteiger partial charge in [0.25, 0.3) is 0 Å². The molecule has 4 nitrogen and oxygen atoms in total. The van der Waals surface area contributed by atoms with Gasteiger partial charge in [0.05, 0.1) is 5.92 Å². The van der Waals surface area contributed by atoms with Crippen LogP contribution in [0.1, 0.15) is 29.9 Å². The van der Waals surface area contributed by atoms with E-state index in [-0.39, 0.29) is 0 Å². The first-order valence-corrected chi connectivity index (χ1v) is 9.42. The molecule has 1 saturated heterocycles. The van der Waals surface area contributed by atoms with Crippen molar-refractivity contribution in [3.05, 3.63) is 64.7 Å². The molecule has 5 heteroatoms. The number of halogens is 1. The molecule has 0 aliphatic carbocycles. The van der Waals surface area contributed by atoms with E-state index in [1.165, 1.54) is 12.8 Å². The SMILES string of the molecule is O=C(O)C(Cc1cc(Cl)ccc1OCCN1CCCC1)c1ccccc1. The minimum Gasteiger partial charge on any atom is -0.492 e. The van der Waals surface area contributed by atoms with Gasteiger partial charge in [-0.3, -0.25) is 9.69 Å². The van der Waals surface area contributed by atoms with Crippen LogP contribution in [0.2, 0.25) is 5.02 Å². The van der Waals surface area contributed by atoms with Crippen LogP contribution in [0.25, 0.3) is 0 Å². The van der Waals surface area contributed by atoms with Crippen molar-refractivity contribution in [1.29, 1.82) is 0 Å². The maximum absolute atomic E-state index is 11.8. The number of aliphatic carboxylic acids is 1. The molecule has 0 aromatic heterocycles. The Hall–Kier alpha value is -2.04. The van der Waals surface area contributed by atoms with Crippen molar-refractivity contribution in [3.8, 4) is 5.75 Å². The summed E-state index contributed by atoms with van der Waals surface area (Å²) in [5.74, 6) is -0.759. The van der Waals surface area contributed by atoms with E-state index in [9.17, 15) is 9.90 Å². The summed E-state index contributed by atoms with van der Waals surface area (Å²) >= 11 is 6.15. The van der Waals surface area contributed by atoms with Gasteiger partial charge in [0, 0.05) is 11.6 Å². The Morgan fingerprint density at radius 3 is 2.58 bits per heavy atom. The third-order valence-corrected chi connectivity index (χ3v) is 5.05. The predicted molar refractivity (Wildman–Crippen MR) is 103 cm³/mol. The highest BCUT2D eigenvalue weighted by Gasteiger charge is 2.22. The highest BCUT2D eigenvalue weighted by molar-refractivity contribution is 6.30. The summed E-state index contributed by atoms with van der Waals surface area (Å²) in [6.07, 6.45) is 2.85. The van der Waals surface area contributed by atoms with E-state index in [4.69, 9.17) is 16.3 Å². The van der Waals surface area contributed by atoms with Crippen molar-refractivity contribution in [2.45, 2.75) is 25.2 Å². The molecule has 0 spiro atoms. The minimum atomic E-state index is -0.848. The summed E-state index contributed by atoms with van der Waals surface area (Å²) in [4.78, 5) is 14.2. The van der Waals surface area contributed by atoms with Crippen LogP contribution in [-0.4, -0.2) is 42.2 Å². The number of likely N-dealkylation sites (tertiary alicyclic amines) is 1. The zero-order valence-electron chi connectivity index (χ0n) is 14.7. The zero-order valence-corrected chi connectivity index (χ0v) is 15.5. The summed E-state index contributed by atoms with van der Waals surface area (Å²) in [6, 6.07) is 14.7. The molecule has 1 aliphatic rings. The molecular formula is C21H24ClNO3. The van der Waals surface area contributed by atoms with Crippen LogP contribution in [0.3, 0.4) is 0 Å². The summed E-state index contributed by atoms with van der Waals surface area (Å²) in [5.41, 5.74) is 1.61. The van der Waals surface area contributed by atoms with Crippen LogP contribution in [0.5, 0.6) is 5.75 Å². The Balaban J connectivity index is 1.72. The number of hydrogen-bond acceptors (Lipinski definition) is 3. The van der Waals surface area contributed by atoms with Gasteiger partial charge in [-0.05, 0) is 61.7 Å². The van der Waals surface area contributed by atoms with E-state index in [1.54, 1.807) is 6.07 Å². The van der Waals surface area contributed by atoms with Gasteiger partial charge in [-0.1, -0.05) is 41.9 Å². The van der Waals surface area contributed by atoms with Crippen molar-refractivity contribution in [1.82, 2.24) is 4.90 Å². The van der Waals surface area contributed by atoms with Gasteiger partial charge in [-0.15, -0.1) is 0 Å². The van der Waals surface area contributed by atoms with Gasteiger partial charge < -0.3 is 9.84 Å². The zero-order chi connectivity index (χ0) is 18.4. The molecule has 2 aromatic rings. The third-order valence-electron chi connectivity index (χ3n) is 4.81. The largest absolute Gasteiger partial charge is 0.492 e. The lowest BCUT2D eigenvalue weighted by Crippen LogP contribution is -2.25. The second-order valence-electron chi connectivity index (χ2n) is 6.65. The normalized spacial score (nSPS) is 15.7. The lowest BCUT2D eigenvalue weighted by atomic mass is 9.92. The van der Waals surface area contributed by atoms with Gasteiger partial charge in [0.15, 0.2) is 0 Å². The second-order valence-corrected chi connectivity index (χ2v) is 7.09. The molecule has 0 saturated carbocycles. The van der Waals surface area contributed by atoms with Gasteiger partial charge >= 0.3 is 5.97 Å². The molecule has 1 heterocycles.